The van der Waals surface area contributed by atoms with Crippen molar-refractivity contribution in [3.8, 4) is 0 Å². The molecule has 3 heterocycles. The number of fused-ring (bicyclic) bond motifs is 1. The van der Waals surface area contributed by atoms with E-state index in [1.54, 1.807) is 12.4 Å². The van der Waals surface area contributed by atoms with Crippen molar-refractivity contribution >= 4 is 18.1 Å². The molecule has 2 aromatic rings. The highest BCUT2D eigenvalue weighted by Crippen LogP contribution is 2.60. The molecule has 0 spiro atoms. The van der Waals surface area contributed by atoms with Crippen LogP contribution in [0.3, 0.4) is 0 Å². The Kier molecular flexibility index (Phi) is 5.32. The number of imidazole rings is 1. The van der Waals surface area contributed by atoms with Crippen molar-refractivity contribution < 1.29 is 0 Å². The first-order valence-corrected chi connectivity index (χ1v) is 12.8. The lowest BCUT2D eigenvalue weighted by molar-refractivity contribution is -0.0101. The van der Waals surface area contributed by atoms with Gasteiger partial charge >= 0.3 is 0 Å². The van der Waals surface area contributed by atoms with Gasteiger partial charge in [0.2, 0.25) is 0 Å². The van der Waals surface area contributed by atoms with Gasteiger partial charge in [-0.2, -0.15) is 5.10 Å². The maximum Gasteiger partial charge on any atom is 0.276 e. The molecule has 180 valence electrons. The highest BCUT2D eigenvalue weighted by atomic mass is 16.1. The second-order valence-corrected chi connectivity index (χ2v) is 11.4. The quantitative estimate of drug-likeness (QED) is 0.545. The molecule has 2 unspecified atom stereocenters. The Morgan fingerprint density at radius 3 is 2.59 bits per heavy atom. The van der Waals surface area contributed by atoms with Crippen molar-refractivity contribution in [2.45, 2.75) is 63.7 Å². The van der Waals surface area contributed by atoms with E-state index in [1.165, 1.54) is 38.5 Å². The topological polar surface area (TPSA) is 91.0 Å². The van der Waals surface area contributed by atoms with Crippen LogP contribution in [0.15, 0.2) is 33.3 Å². The van der Waals surface area contributed by atoms with Gasteiger partial charge in [0.05, 0.1) is 12.7 Å². The number of aromatic nitrogens is 4. The SMILES string of the molecule is C=NC(CN1CC(C)C(c2nn3c(C45CC6CC(CC(C6)C4)C5)ncc3c(=O)[nH]2)C1)=N/C=C\C. The van der Waals surface area contributed by atoms with Crippen molar-refractivity contribution in [2.75, 3.05) is 19.6 Å². The lowest BCUT2D eigenvalue weighted by atomic mass is 9.49. The highest BCUT2D eigenvalue weighted by Gasteiger charge is 2.53. The van der Waals surface area contributed by atoms with E-state index in [2.05, 4.69) is 33.5 Å². The smallest absolute Gasteiger partial charge is 0.276 e. The van der Waals surface area contributed by atoms with Crippen molar-refractivity contribution in [3.05, 3.63) is 40.5 Å². The van der Waals surface area contributed by atoms with E-state index in [0.29, 0.717) is 23.8 Å². The zero-order valence-corrected chi connectivity index (χ0v) is 20.3. The van der Waals surface area contributed by atoms with E-state index in [0.717, 1.165) is 42.5 Å². The van der Waals surface area contributed by atoms with Gasteiger partial charge in [-0.1, -0.05) is 13.0 Å². The molecule has 2 atom stereocenters. The fourth-order valence-corrected chi connectivity index (χ4v) is 7.87. The van der Waals surface area contributed by atoms with Gasteiger partial charge in [0, 0.05) is 30.6 Å². The molecule has 1 saturated heterocycles. The monoisotopic (exact) mass is 461 g/mol. The van der Waals surface area contributed by atoms with Gasteiger partial charge in [-0.3, -0.25) is 9.69 Å². The van der Waals surface area contributed by atoms with E-state index in [9.17, 15) is 4.79 Å². The van der Waals surface area contributed by atoms with Gasteiger partial charge < -0.3 is 4.98 Å². The molecule has 0 amide bonds. The summed E-state index contributed by atoms with van der Waals surface area (Å²) >= 11 is 0. The molecule has 0 aromatic carbocycles. The first kappa shape index (κ1) is 21.9. The molecule has 4 bridgehead atoms. The first-order chi connectivity index (χ1) is 16.5. The van der Waals surface area contributed by atoms with Gasteiger partial charge in [-0.15, -0.1) is 0 Å². The molecule has 0 radical (unpaired) electrons. The van der Waals surface area contributed by atoms with Gasteiger partial charge in [0.25, 0.3) is 5.56 Å². The van der Waals surface area contributed by atoms with Crippen LogP contribution in [0.25, 0.3) is 5.52 Å². The summed E-state index contributed by atoms with van der Waals surface area (Å²) < 4.78 is 1.92. The number of likely N-dealkylation sites (tertiary alicyclic amines) is 1. The fraction of sp³-hybridized carbons (Fsp3) is 0.654. The van der Waals surface area contributed by atoms with Crippen molar-refractivity contribution in [3.63, 3.8) is 0 Å². The van der Waals surface area contributed by atoms with Crippen LogP contribution < -0.4 is 5.56 Å². The molecule has 4 saturated carbocycles. The molecule has 4 aliphatic carbocycles. The molecule has 1 aliphatic heterocycles. The van der Waals surface area contributed by atoms with Crippen LogP contribution in [-0.2, 0) is 5.41 Å². The Morgan fingerprint density at radius 2 is 1.94 bits per heavy atom. The normalized spacial score (nSPS) is 35.7. The summed E-state index contributed by atoms with van der Waals surface area (Å²) in [6.07, 6.45) is 13.2. The van der Waals surface area contributed by atoms with E-state index in [4.69, 9.17) is 10.1 Å². The molecular weight excluding hydrogens is 426 g/mol. The van der Waals surface area contributed by atoms with Gasteiger partial charge in [-0.25, -0.2) is 19.5 Å². The summed E-state index contributed by atoms with van der Waals surface area (Å²) in [5.41, 5.74) is 0.594. The van der Waals surface area contributed by atoms with E-state index < -0.39 is 0 Å². The minimum absolute atomic E-state index is 0.0813. The minimum atomic E-state index is -0.0813. The van der Waals surface area contributed by atoms with Crippen LogP contribution in [0, 0.1) is 23.7 Å². The van der Waals surface area contributed by atoms with Crippen LogP contribution in [0.2, 0.25) is 0 Å². The Hall–Kier alpha value is -2.61. The number of nitrogens with zero attached hydrogens (tertiary/aromatic N) is 6. The Balaban J connectivity index is 1.32. The minimum Gasteiger partial charge on any atom is -0.307 e. The Morgan fingerprint density at radius 1 is 1.24 bits per heavy atom. The van der Waals surface area contributed by atoms with Crippen LogP contribution in [0.1, 0.15) is 69.9 Å². The number of nitrogens with one attached hydrogen (secondary N) is 1. The van der Waals surface area contributed by atoms with Crippen LogP contribution in [0.5, 0.6) is 0 Å². The van der Waals surface area contributed by atoms with E-state index in [1.807, 2.05) is 17.5 Å². The summed E-state index contributed by atoms with van der Waals surface area (Å²) in [4.78, 5) is 31.8. The third kappa shape index (κ3) is 3.58. The summed E-state index contributed by atoms with van der Waals surface area (Å²) in [7, 11) is 0. The molecule has 7 rings (SSSR count). The molecule has 34 heavy (non-hydrogen) atoms. The Bertz CT molecular complexity index is 1190. The Labute approximate surface area is 200 Å². The number of rotatable bonds is 5. The number of aliphatic imine (C=N–C) groups is 2. The van der Waals surface area contributed by atoms with E-state index >= 15 is 0 Å². The lowest BCUT2D eigenvalue weighted by Gasteiger charge is -2.56. The zero-order valence-electron chi connectivity index (χ0n) is 20.3. The molecule has 8 heteroatoms. The third-order valence-corrected chi connectivity index (χ3v) is 8.89. The van der Waals surface area contributed by atoms with Crippen molar-refractivity contribution in [2.24, 2.45) is 33.7 Å². The number of aromatic amines is 1. The fourth-order valence-electron chi connectivity index (χ4n) is 7.87. The predicted octanol–water partition coefficient (Wildman–Crippen LogP) is 3.55. The number of allylic oxidation sites excluding steroid dienone is 1. The number of hydrogen-bond donors (Lipinski definition) is 1. The van der Waals surface area contributed by atoms with Gasteiger partial charge in [0.15, 0.2) is 5.52 Å². The second kappa shape index (κ2) is 8.26. The number of amidine groups is 1. The summed E-state index contributed by atoms with van der Waals surface area (Å²) in [5.74, 6) is 5.49. The lowest BCUT2D eigenvalue weighted by Crippen LogP contribution is -2.49. The number of hydrogen-bond acceptors (Lipinski definition) is 5. The number of H-pyrrole nitrogens is 1. The predicted molar refractivity (Wildman–Crippen MR) is 134 cm³/mol. The van der Waals surface area contributed by atoms with Gasteiger partial charge in [0.1, 0.15) is 17.5 Å². The maximum absolute atomic E-state index is 13.1. The second-order valence-electron chi connectivity index (χ2n) is 11.4. The van der Waals surface area contributed by atoms with Crippen LogP contribution >= 0.6 is 0 Å². The van der Waals surface area contributed by atoms with Crippen LogP contribution in [0.4, 0.5) is 0 Å². The first-order valence-electron chi connectivity index (χ1n) is 12.8. The average Bonchev–Trinajstić information content (AvgIpc) is 3.39. The largest absolute Gasteiger partial charge is 0.307 e. The summed E-state index contributed by atoms with van der Waals surface area (Å²) in [6, 6.07) is 0. The molecular formula is C26H35N7O. The molecule has 5 aliphatic rings. The van der Waals surface area contributed by atoms with E-state index in [-0.39, 0.29) is 16.9 Å². The van der Waals surface area contributed by atoms with Crippen molar-refractivity contribution in [1.29, 1.82) is 0 Å². The molecule has 5 fully saturated rings. The van der Waals surface area contributed by atoms with Crippen LogP contribution in [-0.4, -0.2) is 56.7 Å². The standard InChI is InChI=1S/C26H35N7O/c1-4-5-28-22(27-3)15-32-13-16(2)20(14-32)23-30-24(34)21-12-29-25(33(21)31-23)26-9-17-6-18(10-26)8-19(7-17)11-26/h4-5,12,16-20H,3,6-11,13-15H2,1-2H3,(H,30,31,34)/b5-4-,28-22?. The maximum atomic E-state index is 13.1. The molecule has 8 nitrogen and oxygen atoms in total. The van der Waals surface area contributed by atoms with Crippen molar-refractivity contribution in [1.82, 2.24) is 24.5 Å². The molecule has 2 aromatic heterocycles. The average molecular weight is 462 g/mol. The highest BCUT2D eigenvalue weighted by molar-refractivity contribution is 5.88. The molecule has 1 N–H and O–H groups in total. The summed E-state index contributed by atoms with van der Waals surface area (Å²) in [6.45, 7) is 10.2. The van der Waals surface area contributed by atoms with Gasteiger partial charge in [-0.05, 0) is 75.8 Å². The zero-order chi connectivity index (χ0) is 23.4. The summed E-state index contributed by atoms with van der Waals surface area (Å²) in [5, 5.41) is 5.06. The third-order valence-electron chi connectivity index (χ3n) is 8.89.